The highest BCUT2D eigenvalue weighted by Gasteiger charge is 2.24. The maximum absolute atomic E-state index is 11.7. The highest BCUT2D eigenvalue weighted by molar-refractivity contribution is 5.95. The highest BCUT2D eigenvalue weighted by atomic mass is 16.5. The van der Waals surface area contributed by atoms with Gasteiger partial charge in [-0.1, -0.05) is 0 Å². The standard InChI is InChI=1S/C13H15N3O3/c1-18-10-6-8-9(7-11(10)19-2)15-13(14-8)16-5-3-4-12(16)17/h6-7H,3-5H2,1-2H3,(H,14,15). The van der Waals surface area contributed by atoms with Gasteiger partial charge in [-0.05, 0) is 6.42 Å². The van der Waals surface area contributed by atoms with Crippen LogP contribution in [0.1, 0.15) is 12.8 Å². The number of nitrogens with zero attached hydrogens (tertiary/aromatic N) is 2. The van der Waals surface area contributed by atoms with E-state index in [2.05, 4.69) is 9.97 Å². The van der Waals surface area contributed by atoms with Crippen LogP contribution in [-0.2, 0) is 4.79 Å². The average molecular weight is 261 g/mol. The van der Waals surface area contributed by atoms with E-state index in [4.69, 9.17) is 9.47 Å². The van der Waals surface area contributed by atoms with Gasteiger partial charge < -0.3 is 14.5 Å². The number of imidazole rings is 1. The van der Waals surface area contributed by atoms with Crippen LogP contribution in [0.3, 0.4) is 0 Å². The number of nitrogens with one attached hydrogen (secondary N) is 1. The van der Waals surface area contributed by atoms with Gasteiger partial charge in [-0.2, -0.15) is 0 Å². The molecule has 1 N–H and O–H groups in total. The Hall–Kier alpha value is -2.24. The number of hydrogen-bond acceptors (Lipinski definition) is 4. The van der Waals surface area contributed by atoms with Crippen LogP contribution in [0.2, 0.25) is 0 Å². The Morgan fingerprint density at radius 3 is 2.63 bits per heavy atom. The van der Waals surface area contributed by atoms with Crippen molar-refractivity contribution in [3.8, 4) is 11.5 Å². The van der Waals surface area contributed by atoms with E-state index >= 15 is 0 Å². The molecule has 19 heavy (non-hydrogen) atoms. The molecule has 0 atom stereocenters. The molecule has 1 fully saturated rings. The summed E-state index contributed by atoms with van der Waals surface area (Å²) in [4.78, 5) is 21.0. The number of amides is 1. The molecule has 1 amide bonds. The lowest BCUT2D eigenvalue weighted by molar-refractivity contribution is -0.117. The number of ether oxygens (including phenoxy) is 2. The van der Waals surface area contributed by atoms with Gasteiger partial charge in [0.05, 0.1) is 25.3 Å². The van der Waals surface area contributed by atoms with E-state index in [9.17, 15) is 4.79 Å². The Bertz CT molecular complexity index is 594. The largest absolute Gasteiger partial charge is 0.493 e. The summed E-state index contributed by atoms with van der Waals surface area (Å²) in [5.74, 6) is 1.96. The average Bonchev–Trinajstić information content (AvgIpc) is 3.01. The molecule has 6 nitrogen and oxygen atoms in total. The minimum atomic E-state index is 0.109. The van der Waals surface area contributed by atoms with Gasteiger partial charge >= 0.3 is 0 Å². The van der Waals surface area contributed by atoms with Gasteiger partial charge in [0.25, 0.3) is 0 Å². The van der Waals surface area contributed by atoms with Gasteiger partial charge in [0, 0.05) is 25.1 Å². The molecular formula is C13H15N3O3. The number of aromatic nitrogens is 2. The fourth-order valence-electron chi connectivity index (χ4n) is 2.32. The van der Waals surface area contributed by atoms with Crippen LogP contribution >= 0.6 is 0 Å². The minimum absolute atomic E-state index is 0.109. The summed E-state index contributed by atoms with van der Waals surface area (Å²) >= 11 is 0. The third-order valence-corrected chi connectivity index (χ3v) is 3.30. The number of methoxy groups -OCH3 is 2. The highest BCUT2D eigenvalue weighted by Crippen LogP contribution is 2.32. The van der Waals surface area contributed by atoms with Crippen molar-refractivity contribution in [2.75, 3.05) is 25.7 Å². The van der Waals surface area contributed by atoms with Gasteiger partial charge in [0.2, 0.25) is 11.9 Å². The first-order chi connectivity index (χ1) is 9.22. The summed E-state index contributed by atoms with van der Waals surface area (Å²) in [6.07, 6.45) is 1.46. The van der Waals surface area contributed by atoms with E-state index in [1.165, 1.54) is 0 Å². The Morgan fingerprint density at radius 2 is 2.00 bits per heavy atom. The summed E-state index contributed by atoms with van der Waals surface area (Å²) in [5.41, 5.74) is 1.58. The van der Waals surface area contributed by atoms with Crippen molar-refractivity contribution in [1.82, 2.24) is 9.97 Å². The molecule has 1 saturated heterocycles. The van der Waals surface area contributed by atoms with Crippen LogP contribution in [0.15, 0.2) is 12.1 Å². The second-order valence-corrected chi connectivity index (χ2v) is 4.43. The summed E-state index contributed by atoms with van der Waals surface area (Å²) in [7, 11) is 3.17. The first-order valence-electron chi connectivity index (χ1n) is 6.15. The predicted molar refractivity (Wildman–Crippen MR) is 70.8 cm³/mol. The van der Waals surface area contributed by atoms with Crippen LogP contribution < -0.4 is 14.4 Å². The fourth-order valence-corrected chi connectivity index (χ4v) is 2.32. The van der Waals surface area contributed by atoms with Crippen LogP contribution in [0, 0.1) is 0 Å². The van der Waals surface area contributed by atoms with Gasteiger partial charge in [-0.15, -0.1) is 0 Å². The van der Waals surface area contributed by atoms with Crippen molar-refractivity contribution in [1.29, 1.82) is 0 Å². The molecule has 0 bridgehead atoms. The van der Waals surface area contributed by atoms with Crippen molar-refractivity contribution >= 4 is 22.9 Å². The molecule has 0 aliphatic carbocycles. The summed E-state index contributed by atoms with van der Waals surface area (Å²) in [6.45, 7) is 0.715. The molecule has 0 radical (unpaired) electrons. The second kappa shape index (κ2) is 4.46. The molecule has 0 saturated carbocycles. The first kappa shape index (κ1) is 11.8. The van der Waals surface area contributed by atoms with E-state index in [1.54, 1.807) is 25.2 Å². The number of rotatable bonds is 3. The molecule has 1 aliphatic rings. The lowest BCUT2D eigenvalue weighted by Crippen LogP contribution is -2.24. The monoisotopic (exact) mass is 261 g/mol. The number of fused-ring (bicyclic) bond motifs is 1. The number of H-pyrrole nitrogens is 1. The van der Waals surface area contributed by atoms with Crippen LogP contribution in [0.4, 0.5) is 5.95 Å². The number of aromatic amines is 1. The van der Waals surface area contributed by atoms with Crippen LogP contribution in [0.5, 0.6) is 11.5 Å². The third kappa shape index (κ3) is 1.89. The summed E-state index contributed by atoms with van der Waals surface area (Å²) in [5, 5.41) is 0. The second-order valence-electron chi connectivity index (χ2n) is 4.43. The zero-order valence-electron chi connectivity index (χ0n) is 10.9. The molecule has 0 spiro atoms. The number of carbonyl (C=O) groups is 1. The predicted octanol–water partition coefficient (Wildman–Crippen LogP) is 1.71. The van der Waals surface area contributed by atoms with Crippen LogP contribution in [-0.4, -0.2) is 36.6 Å². The molecule has 3 rings (SSSR count). The first-order valence-corrected chi connectivity index (χ1v) is 6.15. The number of benzene rings is 1. The molecule has 100 valence electrons. The Kier molecular flexibility index (Phi) is 2.77. The Balaban J connectivity index is 2.07. The van der Waals surface area contributed by atoms with Crippen molar-refractivity contribution in [2.24, 2.45) is 0 Å². The third-order valence-electron chi connectivity index (χ3n) is 3.30. The molecule has 1 aromatic carbocycles. The normalized spacial score (nSPS) is 15.3. The van der Waals surface area contributed by atoms with E-state index in [0.29, 0.717) is 30.4 Å². The topological polar surface area (TPSA) is 67.5 Å². The smallest absolute Gasteiger partial charge is 0.229 e. The van der Waals surface area contributed by atoms with Crippen molar-refractivity contribution < 1.29 is 14.3 Å². The molecule has 1 aromatic heterocycles. The molecule has 2 heterocycles. The maximum atomic E-state index is 11.7. The van der Waals surface area contributed by atoms with Gasteiger partial charge in [-0.25, -0.2) is 4.98 Å². The molecular weight excluding hydrogens is 246 g/mol. The van der Waals surface area contributed by atoms with Crippen molar-refractivity contribution in [2.45, 2.75) is 12.8 Å². The van der Waals surface area contributed by atoms with Gasteiger partial charge in [-0.3, -0.25) is 9.69 Å². The fraction of sp³-hybridized carbons (Fsp3) is 0.385. The Morgan fingerprint density at radius 1 is 1.26 bits per heavy atom. The molecule has 1 aliphatic heterocycles. The summed E-state index contributed by atoms with van der Waals surface area (Å²) in [6, 6.07) is 3.62. The van der Waals surface area contributed by atoms with Crippen molar-refractivity contribution in [3.05, 3.63) is 12.1 Å². The number of anilines is 1. The van der Waals surface area contributed by atoms with E-state index in [0.717, 1.165) is 17.5 Å². The molecule has 0 unspecified atom stereocenters. The number of carbonyl (C=O) groups excluding carboxylic acids is 1. The molecule has 2 aromatic rings. The maximum Gasteiger partial charge on any atom is 0.229 e. The SMILES string of the molecule is COc1cc2nc(N3CCCC3=O)[nH]c2cc1OC. The van der Waals surface area contributed by atoms with Crippen LogP contribution in [0.25, 0.3) is 11.0 Å². The lowest BCUT2D eigenvalue weighted by atomic mass is 10.3. The summed E-state index contributed by atoms with van der Waals surface area (Å²) < 4.78 is 10.5. The Labute approximate surface area is 110 Å². The van der Waals surface area contributed by atoms with E-state index in [1.807, 2.05) is 6.07 Å². The van der Waals surface area contributed by atoms with Gasteiger partial charge in [0.15, 0.2) is 11.5 Å². The minimum Gasteiger partial charge on any atom is -0.493 e. The van der Waals surface area contributed by atoms with Gasteiger partial charge in [0.1, 0.15) is 0 Å². The zero-order chi connectivity index (χ0) is 13.4. The van der Waals surface area contributed by atoms with E-state index in [-0.39, 0.29) is 5.91 Å². The lowest BCUT2D eigenvalue weighted by Gasteiger charge is -2.10. The van der Waals surface area contributed by atoms with E-state index < -0.39 is 0 Å². The molecule has 6 heteroatoms. The zero-order valence-corrected chi connectivity index (χ0v) is 10.9. The quantitative estimate of drug-likeness (QED) is 0.913. The van der Waals surface area contributed by atoms with Crippen molar-refractivity contribution in [3.63, 3.8) is 0 Å². The number of hydrogen-bond donors (Lipinski definition) is 1.